The molecule has 0 fully saturated rings. The first-order valence-electron chi connectivity index (χ1n) is 6.24. The summed E-state index contributed by atoms with van der Waals surface area (Å²) >= 11 is 0. The number of hydrogen-bond donors (Lipinski definition) is 0. The fraction of sp³-hybridized carbons (Fsp3) is 0.200. The molecule has 2 aromatic rings. The minimum atomic E-state index is -0.279. The van der Waals surface area contributed by atoms with E-state index in [0.717, 1.165) is 12.0 Å². The van der Waals surface area contributed by atoms with Crippen molar-refractivity contribution in [1.82, 2.24) is 4.90 Å². The maximum absolute atomic E-state index is 13.0. The molecule has 19 heavy (non-hydrogen) atoms. The summed E-state index contributed by atoms with van der Waals surface area (Å²) in [6.07, 6.45) is 0. The van der Waals surface area contributed by atoms with Crippen molar-refractivity contribution in [3.63, 3.8) is 0 Å². The molecule has 0 spiro atoms. The highest BCUT2D eigenvalue weighted by atomic mass is 19.1. The van der Waals surface area contributed by atoms with Crippen molar-refractivity contribution in [1.29, 1.82) is 0 Å². The quantitative estimate of drug-likeness (QED) is 0.759. The molecule has 0 saturated heterocycles. The minimum absolute atomic E-state index is 0.279. The lowest BCUT2D eigenvalue weighted by atomic mass is 9.87. The van der Waals surface area contributed by atoms with E-state index in [4.69, 9.17) is 4.65 Å². The Bertz CT molecular complexity index is 528. The van der Waals surface area contributed by atoms with E-state index in [-0.39, 0.29) is 5.82 Å². The van der Waals surface area contributed by atoms with Gasteiger partial charge in [0.15, 0.2) is 0 Å². The number of rotatable bonds is 5. The Labute approximate surface area is 114 Å². The molecule has 0 heterocycles. The molecule has 98 valence electrons. The molecular weight excluding hydrogens is 240 g/mol. The van der Waals surface area contributed by atoms with E-state index in [2.05, 4.69) is 17.0 Å². The first kappa shape index (κ1) is 13.6. The fourth-order valence-corrected chi connectivity index (χ4v) is 1.83. The largest absolute Gasteiger partial charge is 0.559 e. The maximum atomic E-state index is 13.0. The third-order valence-electron chi connectivity index (χ3n) is 2.72. The Hall–Kier alpha value is -1.81. The SMILES string of the molecule is CN(C)Cc1ccc(BOc2cccc(F)c2)cc1. The van der Waals surface area contributed by atoms with Gasteiger partial charge in [-0.15, -0.1) is 0 Å². The van der Waals surface area contributed by atoms with Crippen molar-refractivity contribution in [3.8, 4) is 5.75 Å². The van der Waals surface area contributed by atoms with Gasteiger partial charge >= 0.3 is 7.48 Å². The molecule has 0 aliphatic rings. The van der Waals surface area contributed by atoms with Gasteiger partial charge in [-0.2, -0.15) is 0 Å². The van der Waals surface area contributed by atoms with Crippen LogP contribution in [0.2, 0.25) is 0 Å². The molecule has 0 aliphatic heterocycles. The summed E-state index contributed by atoms with van der Waals surface area (Å²) < 4.78 is 18.5. The van der Waals surface area contributed by atoms with Crippen LogP contribution >= 0.6 is 0 Å². The normalized spacial score (nSPS) is 10.5. The van der Waals surface area contributed by atoms with Crippen LogP contribution in [0.1, 0.15) is 5.56 Å². The van der Waals surface area contributed by atoms with Gasteiger partial charge in [-0.25, -0.2) is 4.39 Å². The Balaban J connectivity index is 1.93. The average Bonchev–Trinajstić information content (AvgIpc) is 2.37. The molecule has 2 aromatic carbocycles. The molecule has 2 nitrogen and oxygen atoms in total. The lowest BCUT2D eigenvalue weighted by Crippen LogP contribution is -2.20. The van der Waals surface area contributed by atoms with Gasteiger partial charge in [-0.3, -0.25) is 0 Å². The lowest BCUT2D eigenvalue weighted by molar-refractivity contribution is 0.402. The van der Waals surface area contributed by atoms with Crippen LogP contribution in [-0.4, -0.2) is 26.5 Å². The molecule has 0 aliphatic carbocycles. The summed E-state index contributed by atoms with van der Waals surface area (Å²) in [4.78, 5) is 2.12. The van der Waals surface area contributed by atoms with Gasteiger partial charge < -0.3 is 9.55 Å². The highest BCUT2D eigenvalue weighted by Gasteiger charge is 2.01. The molecule has 0 saturated carbocycles. The molecule has 0 radical (unpaired) electrons. The predicted molar refractivity (Wildman–Crippen MR) is 77.6 cm³/mol. The molecule has 2 rings (SSSR count). The highest BCUT2D eigenvalue weighted by Crippen LogP contribution is 2.11. The van der Waals surface area contributed by atoms with Crippen LogP contribution in [-0.2, 0) is 6.54 Å². The fourth-order valence-electron chi connectivity index (χ4n) is 1.83. The Morgan fingerprint density at radius 1 is 1.11 bits per heavy atom. The summed E-state index contributed by atoms with van der Waals surface area (Å²) in [5, 5.41) is 0. The van der Waals surface area contributed by atoms with E-state index in [1.54, 1.807) is 12.1 Å². The standard InChI is InChI=1S/C15H17BFNO/c1-18(2)11-12-6-8-13(9-7-12)16-19-15-5-3-4-14(17)10-15/h3-10,16H,11H2,1-2H3. The van der Waals surface area contributed by atoms with Crippen LogP contribution in [0.15, 0.2) is 48.5 Å². The van der Waals surface area contributed by atoms with Gasteiger partial charge in [0.1, 0.15) is 11.6 Å². The second kappa shape index (κ2) is 6.39. The summed E-state index contributed by atoms with van der Waals surface area (Å²) in [6.45, 7) is 0.922. The smallest absolute Gasteiger partial charge is 0.373 e. The molecular formula is C15H17BFNO. The molecule has 0 bridgehead atoms. The van der Waals surface area contributed by atoms with E-state index in [0.29, 0.717) is 13.2 Å². The number of hydrogen-bond acceptors (Lipinski definition) is 2. The third-order valence-corrected chi connectivity index (χ3v) is 2.72. The van der Waals surface area contributed by atoms with Crippen LogP contribution in [0.3, 0.4) is 0 Å². The summed E-state index contributed by atoms with van der Waals surface area (Å²) in [5.74, 6) is 0.274. The van der Waals surface area contributed by atoms with E-state index < -0.39 is 0 Å². The Morgan fingerprint density at radius 3 is 2.47 bits per heavy atom. The van der Waals surface area contributed by atoms with Crippen molar-refractivity contribution >= 4 is 12.9 Å². The summed E-state index contributed by atoms with van der Waals surface area (Å²) in [5.41, 5.74) is 2.34. The van der Waals surface area contributed by atoms with Crippen LogP contribution < -0.4 is 10.1 Å². The van der Waals surface area contributed by atoms with Crippen molar-refractivity contribution in [2.45, 2.75) is 6.54 Å². The molecule has 0 N–H and O–H groups in total. The zero-order chi connectivity index (χ0) is 13.7. The zero-order valence-electron chi connectivity index (χ0n) is 11.3. The molecule has 0 atom stereocenters. The minimum Gasteiger partial charge on any atom is -0.559 e. The van der Waals surface area contributed by atoms with E-state index >= 15 is 0 Å². The van der Waals surface area contributed by atoms with Crippen LogP contribution in [0, 0.1) is 5.82 Å². The van der Waals surface area contributed by atoms with E-state index in [1.807, 2.05) is 26.2 Å². The van der Waals surface area contributed by atoms with Gasteiger partial charge in [-0.05, 0) is 37.3 Å². The van der Waals surface area contributed by atoms with Gasteiger partial charge in [0.2, 0.25) is 0 Å². The molecule has 0 aromatic heterocycles. The number of benzene rings is 2. The molecule has 0 amide bonds. The van der Waals surface area contributed by atoms with Gasteiger partial charge in [0, 0.05) is 12.6 Å². The van der Waals surface area contributed by atoms with Gasteiger partial charge in [0.25, 0.3) is 0 Å². The lowest BCUT2D eigenvalue weighted by Gasteiger charge is -2.10. The summed E-state index contributed by atoms with van der Waals surface area (Å²) in [7, 11) is 4.54. The highest BCUT2D eigenvalue weighted by molar-refractivity contribution is 6.47. The molecule has 0 unspecified atom stereocenters. The number of nitrogens with zero attached hydrogens (tertiary/aromatic N) is 1. The van der Waals surface area contributed by atoms with Gasteiger partial charge in [-0.1, -0.05) is 30.3 Å². The first-order valence-corrected chi connectivity index (χ1v) is 6.24. The van der Waals surface area contributed by atoms with Crippen LogP contribution in [0.25, 0.3) is 0 Å². The van der Waals surface area contributed by atoms with E-state index in [9.17, 15) is 4.39 Å². The second-order valence-electron chi connectivity index (χ2n) is 4.80. The van der Waals surface area contributed by atoms with Crippen molar-refractivity contribution in [3.05, 3.63) is 59.9 Å². The Morgan fingerprint density at radius 2 is 1.84 bits per heavy atom. The topological polar surface area (TPSA) is 12.5 Å². The Kier molecular flexibility index (Phi) is 4.58. The van der Waals surface area contributed by atoms with Crippen molar-refractivity contribution in [2.24, 2.45) is 0 Å². The average molecular weight is 257 g/mol. The molecule has 4 heteroatoms. The predicted octanol–water partition coefficient (Wildman–Crippen LogP) is 1.94. The van der Waals surface area contributed by atoms with E-state index in [1.165, 1.54) is 17.7 Å². The first-order chi connectivity index (χ1) is 9.13. The zero-order valence-corrected chi connectivity index (χ0v) is 11.3. The van der Waals surface area contributed by atoms with Crippen molar-refractivity contribution < 1.29 is 9.04 Å². The second-order valence-corrected chi connectivity index (χ2v) is 4.80. The van der Waals surface area contributed by atoms with Crippen LogP contribution in [0.4, 0.5) is 4.39 Å². The van der Waals surface area contributed by atoms with Gasteiger partial charge in [0.05, 0.1) is 0 Å². The maximum Gasteiger partial charge on any atom is 0.373 e. The van der Waals surface area contributed by atoms with Crippen LogP contribution in [0.5, 0.6) is 5.75 Å². The third kappa shape index (κ3) is 4.41. The summed E-state index contributed by atoms with van der Waals surface area (Å²) in [6, 6.07) is 14.4. The monoisotopic (exact) mass is 257 g/mol. The van der Waals surface area contributed by atoms with Crippen molar-refractivity contribution in [2.75, 3.05) is 14.1 Å². The number of halogens is 1.